The van der Waals surface area contributed by atoms with Crippen LogP contribution in [-0.4, -0.2) is 18.6 Å². The van der Waals surface area contributed by atoms with Gasteiger partial charge in [0.1, 0.15) is 0 Å². The molecule has 1 aliphatic carbocycles. The minimum absolute atomic E-state index is 0.426. The van der Waals surface area contributed by atoms with E-state index in [-0.39, 0.29) is 0 Å². The van der Waals surface area contributed by atoms with Crippen LogP contribution < -0.4 is 5.43 Å². The van der Waals surface area contributed by atoms with Gasteiger partial charge in [-0.3, -0.25) is 0 Å². The maximum Gasteiger partial charge on any atom is 0.0548 e. The van der Waals surface area contributed by atoms with Gasteiger partial charge in [-0.05, 0) is 19.3 Å². The molecule has 1 saturated carbocycles. The summed E-state index contributed by atoms with van der Waals surface area (Å²) >= 11 is 6.15. The molecule has 1 N–H and O–H groups in total. The summed E-state index contributed by atoms with van der Waals surface area (Å²) in [4.78, 5) is 0. The van der Waals surface area contributed by atoms with Gasteiger partial charge < -0.3 is 5.01 Å². The van der Waals surface area contributed by atoms with Crippen LogP contribution in [0.15, 0.2) is 10.7 Å². The van der Waals surface area contributed by atoms with Crippen molar-refractivity contribution in [1.29, 1.82) is 0 Å². The van der Waals surface area contributed by atoms with E-state index in [0.717, 1.165) is 11.6 Å². The van der Waals surface area contributed by atoms with Crippen LogP contribution in [0.25, 0.3) is 0 Å². The van der Waals surface area contributed by atoms with Crippen LogP contribution in [0.3, 0.4) is 0 Å². The number of allylic oxidation sites excluding steroid dienone is 1. The van der Waals surface area contributed by atoms with Crippen LogP contribution in [-0.2, 0) is 0 Å². The summed E-state index contributed by atoms with van der Waals surface area (Å²) < 4.78 is 0. The lowest BCUT2D eigenvalue weighted by Gasteiger charge is -2.23. The Kier molecular flexibility index (Phi) is 3.85. The minimum Gasteiger partial charge on any atom is -0.313 e. The third kappa shape index (κ3) is 1.91. The van der Waals surface area contributed by atoms with Crippen molar-refractivity contribution < 1.29 is 0 Å². The second kappa shape index (κ2) is 4.54. The van der Waals surface area contributed by atoms with Crippen molar-refractivity contribution in [1.82, 2.24) is 10.4 Å². The highest BCUT2D eigenvalue weighted by atomic mass is 35.5. The van der Waals surface area contributed by atoms with Gasteiger partial charge in [-0.2, -0.15) is 0 Å². The highest BCUT2D eigenvalue weighted by Gasteiger charge is 2.48. The van der Waals surface area contributed by atoms with E-state index in [1.54, 1.807) is 0 Å². The van der Waals surface area contributed by atoms with Gasteiger partial charge >= 0.3 is 0 Å². The summed E-state index contributed by atoms with van der Waals surface area (Å²) in [5, 5.41) is 3.11. The van der Waals surface area contributed by atoms with Gasteiger partial charge in [-0.1, -0.05) is 32.4 Å². The summed E-state index contributed by atoms with van der Waals surface area (Å²) in [5.41, 5.74) is 4.99. The molecule has 1 fully saturated rings. The van der Waals surface area contributed by atoms with Gasteiger partial charge in [-0.15, -0.1) is 0 Å². The first kappa shape index (κ1) is 11.9. The number of nitrogens with one attached hydrogen (secondary N) is 1. The second-order valence-corrected chi connectivity index (χ2v) is 4.24. The Labute approximate surface area is 92.3 Å². The van der Waals surface area contributed by atoms with Crippen LogP contribution >= 0.6 is 11.6 Å². The molecule has 14 heavy (non-hydrogen) atoms. The molecule has 0 unspecified atom stereocenters. The third-order valence-electron chi connectivity index (χ3n) is 3.10. The fourth-order valence-electron chi connectivity index (χ4n) is 2.08. The van der Waals surface area contributed by atoms with Gasteiger partial charge in [0.2, 0.25) is 0 Å². The van der Waals surface area contributed by atoms with Gasteiger partial charge in [0.25, 0.3) is 0 Å². The van der Waals surface area contributed by atoms with Crippen LogP contribution in [0.2, 0.25) is 0 Å². The van der Waals surface area contributed by atoms with Crippen LogP contribution in [0.5, 0.6) is 0 Å². The van der Waals surface area contributed by atoms with E-state index in [1.165, 1.54) is 25.0 Å². The maximum absolute atomic E-state index is 6.15. The molecular weight excluding hydrogens is 196 g/mol. The van der Waals surface area contributed by atoms with E-state index in [2.05, 4.69) is 24.4 Å². The molecule has 1 aliphatic heterocycles. The Morgan fingerprint density at radius 3 is 2.29 bits per heavy atom. The smallest absolute Gasteiger partial charge is 0.0548 e. The normalized spacial score (nSPS) is 23.4. The first-order chi connectivity index (χ1) is 6.69. The molecule has 82 valence electrons. The highest BCUT2D eigenvalue weighted by molar-refractivity contribution is 6.30. The quantitative estimate of drug-likeness (QED) is 0.763. The monoisotopic (exact) mass is 216 g/mol. The Morgan fingerprint density at radius 1 is 1.43 bits per heavy atom. The molecule has 2 aliphatic rings. The van der Waals surface area contributed by atoms with Crippen LogP contribution in [0.1, 0.15) is 40.0 Å². The Morgan fingerprint density at radius 2 is 2.00 bits per heavy atom. The molecule has 0 amide bonds. The number of hydrogen-bond donors (Lipinski definition) is 1. The summed E-state index contributed by atoms with van der Waals surface area (Å²) in [5.74, 6) is 0. The molecule has 0 aromatic carbocycles. The fraction of sp³-hybridized carbons (Fsp3) is 0.818. The largest absolute Gasteiger partial charge is 0.313 e. The zero-order valence-electron chi connectivity index (χ0n) is 9.65. The molecule has 0 atom stereocenters. The zero-order chi connectivity index (χ0) is 10.8. The summed E-state index contributed by atoms with van der Waals surface area (Å²) in [6, 6.07) is 0. The lowest BCUT2D eigenvalue weighted by Crippen LogP contribution is -2.30. The van der Waals surface area contributed by atoms with Crippen molar-refractivity contribution in [2.45, 2.75) is 40.0 Å². The molecule has 0 spiro atoms. The molecule has 0 bridgehead atoms. The van der Waals surface area contributed by atoms with Gasteiger partial charge in [-0.25, -0.2) is 5.43 Å². The van der Waals surface area contributed by atoms with Crippen molar-refractivity contribution in [3.05, 3.63) is 10.7 Å². The number of hydrazine groups is 1. The standard InChI is InChI=1S/C9H15ClN2.C2H6/c1-3-9(4-5-9)8-7(10)6-11-12(8)2;1-2/h11H,3-6H2,1-2H3;1-2H3. The Hall–Kier alpha value is -0.210. The molecule has 2 rings (SSSR count). The summed E-state index contributed by atoms with van der Waals surface area (Å²) in [6.07, 6.45) is 3.83. The van der Waals surface area contributed by atoms with E-state index in [0.29, 0.717) is 5.41 Å². The predicted octanol–water partition coefficient (Wildman–Crippen LogP) is 3.10. The van der Waals surface area contributed by atoms with Crippen molar-refractivity contribution >= 4 is 11.6 Å². The average Bonchev–Trinajstić information content (AvgIpc) is 2.93. The average molecular weight is 217 g/mol. The molecule has 3 heteroatoms. The number of hydrogen-bond acceptors (Lipinski definition) is 2. The molecule has 1 heterocycles. The summed E-state index contributed by atoms with van der Waals surface area (Å²) in [7, 11) is 2.06. The number of nitrogens with zero attached hydrogens (tertiary/aromatic N) is 1. The lowest BCUT2D eigenvalue weighted by molar-refractivity contribution is 0.293. The highest BCUT2D eigenvalue weighted by Crippen LogP contribution is 2.56. The number of rotatable bonds is 2. The van der Waals surface area contributed by atoms with Gasteiger partial charge in [0.15, 0.2) is 0 Å². The van der Waals surface area contributed by atoms with E-state index >= 15 is 0 Å². The van der Waals surface area contributed by atoms with Crippen molar-refractivity contribution in [2.75, 3.05) is 13.6 Å². The van der Waals surface area contributed by atoms with E-state index < -0.39 is 0 Å². The first-order valence-corrected chi connectivity index (χ1v) is 5.94. The molecule has 0 radical (unpaired) electrons. The molecule has 2 nitrogen and oxygen atoms in total. The lowest BCUT2D eigenvalue weighted by atomic mass is 9.99. The third-order valence-corrected chi connectivity index (χ3v) is 3.41. The van der Waals surface area contributed by atoms with Crippen molar-refractivity contribution in [3.63, 3.8) is 0 Å². The van der Waals surface area contributed by atoms with E-state index in [1.807, 2.05) is 13.8 Å². The van der Waals surface area contributed by atoms with E-state index in [4.69, 9.17) is 11.6 Å². The number of halogens is 1. The van der Waals surface area contributed by atoms with Gasteiger partial charge in [0.05, 0.1) is 17.3 Å². The van der Waals surface area contributed by atoms with Crippen molar-refractivity contribution in [2.24, 2.45) is 5.41 Å². The molecule has 0 aromatic rings. The van der Waals surface area contributed by atoms with Crippen LogP contribution in [0, 0.1) is 5.41 Å². The zero-order valence-corrected chi connectivity index (χ0v) is 10.4. The molecule has 0 aromatic heterocycles. The fourth-order valence-corrected chi connectivity index (χ4v) is 2.47. The molecular formula is C11H21ClN2. The first-order valence-electron chi connectivity index (χ1n) is 5.56. The van der Waals surface area contributed by atoms with E-state index in [9.17, 15) is 0 Å². The predicted molar refractivity (Wildman–Crippen MR) is 62.0 cm³/mol. The Bertz CT molecular complexity index is 231. The summed E-state index contributed by atoms with van der Waals surface area (Å²) in [6.45, 7) is 7.06. The SMILES string of the molecule is CC.CCC1(C2=C(Cl)CNN2C)CC1. The molecule has 0 saturated heterocycles. The minimum atomic E-state index is 0.426. The van der Waals surface area contributed by atoms with Crippen molar-refractivity contribution in [3.8, 4) is 0 Å². The Balaban J connectivity index is 0.000000461. The topological polar surface area (TPSA) is 15.3 Å². The van der Waals surface area contributed by atoms with Crippen LogP contribution in [0.4, 0.5) is 0 Å². The maximum atomic E-state index is 6.15. The second-order valence-electron chi connectivity index (χ2n) is 3.78. The van der Waals surface area contributed by atoms with Gasteiger partial charge in [0, 0.05) is 12.5 Å².